The van der Waals surface area contributed by atoms with Crippen LogP contribution in [0.3, 0.4) is 0 Å². The zero-order valence-electron chi connectivity index (χ0n) is 12.1. The smallest absolute Gasteiger partial charge is 0.228 e. The minimum Gasteiger partial charge on any atom is -0.441 e. The van der Waals surface area contributed by atoms with E-state index in [4.69, 9.17) is 4.42 Å². The molecule has 1 amide bonds. The molecule has 2 N–H and O–H groups in total. The van der Waals surface area contributed by atoms with Crippen molar-refractivity contribution in [1.29, 1.82) is 0 Å². The van der Waals surface area contributed by atoms with Gasteiger partial charge >= 0.3 is 0 Å². The van der Waals surface area contributed by atoms with Crippen LogP contribution in [0.1, 0.15) is 25.2 Å². The molecule has 4 rings (SSSR count). The number of carbonyl (C=O) groups excluding carboxylic acids is 1. The van der Waals surface area contributed by atoms with Crippen LogP contribution < -0.4 is 10.6 Å². The second-order valence-corrected chi connectivity index (χ2v) is 6.27. The number of aromatic nitrogens is 1. The largest absolute Gasteiger partial charge is 0.441 e. The van der Waals surface area contributed by atoms with E-state index >= 15 is 0 Å². The molecular weight excluding hydrogens is 266 g/mol. The summed E-state index contributed by atoms with van der Waals surface area (Å²) in [5.74, 6) is 0.968. The van der Waals surface area contributed by atoms with Gasteiger partial charge in [-0.05, 0) is 56.0 Å². The lowest BCUT2D eigenvalue weighted by molar-refractivity contribution is -0.118. The van der Waals surface area contributed by atoms with Gasteiger partial charge in [0.2, 0.25) is 5.91 Å². The number of amides is 1. The van der Waals surface area contributed by atoms with Crippen LogP contribution in [0.15, 0.2) is 22.6 Å². The summed E-state index contributed by atoms with van der Waals surface area (Å²) in [5, 5.41) is 6.40. The highest BCUT2D eigenvalue weighted by molar-refractivity contribution is 5.96. The molecule has 1 aliphatic heterocycles. The molecule has 1 saturated heterocycles. The number of nitrogens with one attached hydrogen (secondary N) is 2. The number of oxazole rings is 1. The van der Waals surface area contributed by atoms with Gasteiger partial charge in [-0.3, -0.25) is 4.79 Å². The third-order valence-electron chi connectivity index (χ3n) is 4.87. The second kappa shape index (κ2) is 4.56. The highest BCUT2D eigenvalue weighted by Crippen LogP contribution is 2.58. The van der Waals surface area contributed by atoms with Crippen molar-refractivity contribution in [3.8, 4) is 0 Å². The van der Waals surface area contributed by atoms with Gasteiger partial charge in [0, 0.05) is 18.5 Å². The van der Waals surface area contributed by atoms with Gasteiger partial charge < -0.3 is 15.1 Å². The summed E-state index contributed by atoms with van der Waals surface area (Å²) in [6.07, 6.45) is 3.27. The molecule has 5 nitrogen and oxygen atoms in total. The van der Waals surface area contributed by atoms with E-state index in [2.05, 4.69) is 15.6 Å². The van der Waals surface area contributed by atoms with Crippen LogP contribution in [0.2, 0.25) is 0 Å². The number of hydrogen-bond donors (Lipinski definition) is 2. The molecule has 1 atom stereocenters. The molecule has 5 heteroatoms. The van der Waals surface area contributed by atoms with E-state index in [0.717, 1.165) is 49.1 Å². The van der Waals surface area contributed by atoms with Gasteiger partial charge in [-0.25, -0.2) is 4.98 Å². The maximum Gasteiger partial charge on any atom is 0.228 e. The van der Waals surface area contributed by atoms with Gasteiger partial charge in [0.25, 0.3) is 0 Å². The summed E-state index contributed by atoms with van der Waals surface area (Å²) in [5.41, 5.74) is 2.62. The van der Waals surface area contributed by atoms with Crippen molar-refractivity contribution in [3.05, 3.63) is 24.1 Å². The highest BCUT2D eigenvalue weighted by Gasteiger charge is 2.57. The van der Waals surface area contributed by atoms with Crippen molar-refractivity contribution >= 4 is 22.7 Å². The zero-order valence-corrected chi connectivity index (χ0v) is 12.1. The van der Waals surface area contributed by atoms with Crippen molar-refractivity contribution in [1.82, 2.24) is 10.3 Å². The first kappa shape index (κ1) is 12.8. The van der Waals surface area contributed by atoms with E-state index in [1.807, 2.05) is 25.1 Å². The molecule has 1 aliphatic carbocycles. The molecule has 0 bridgehead atoms. The summed E-state index contributed by atoms with van der Waals surface area (Å²) < 4.78 is 5.45. The van der Waals surface area contributed by atoms with Crippen LogP contribution in [0.4, 0.5) is 5.69 Å². The minimum atomic E-state index is 0.150. The van der Waals surface area contributed by atoms with Crippen molar-refractivity contribution < 1.29 is 9.21 Å². The van der Waals surface area contributed by atoms with Gasteiger partial charge in [0.05, 0.1) is 0 Å². The second-order valence-electron chi connectivity index (χ2n) is 6.27. The number of nitrogens with zero attached hydrogens (tertiary/aromatic N) is 1. The lowest BCUT2D eigenvalue weighted by Gasteiger charge is -2.23. The molecule has 1 spiro atoms. The number of carbonyl (C=O) groups is 1. The molecule has 2 aromatic rings. The van der Waals surface area contributed by atoms with E-state index in [0.29, 0.717) is 5.89 Å². The molecule has 1 aromatic carbocycles. The first-order valence-electron chi connectivity index (χ1n) is 7.55. The van der Waals surface area contributed by atoms with Gasteiger partial charge in [0.15, 0.2) is 11.5 Å². The number of hydrogen-bond acceptors (Lipinski definition) is 4. The maximum atomic E-state index is 12.4. The van der Waals surface area contributed by atoms with Crippen LogP contribution in [-0.2, 0) is 4.79 Å². The molecule has 2 heterocycles. The quantitative estimate of drug-likeness (QED) is 0.889. The number of benzene rings is 1. The Morgan fingerprint density at radius 3 is 3.05 bits per heavy atom. The third-order valence-corrected chi connectivity index (χ3v) is 4.87. The number of rotatable bonds is 2. The predicted octanol–water partition coefficient (Wildman–Crippen LogP) is 2.46. The number of aryl methyl sites for hydroxylation is 1. The Bertz CT molecular complexity index is 701. The summed E-state index contributed by atoms with van der Waals surface area (Å²) in [7, 11) is 0. The summed E-state index contributed by atoms with van der Waals surface area (Å²) in [4.78, 5) is 16.7. The Labute approximate surface area is 123 Å². The topological polar surface area (TPSA) is 67.2 Å². The van der Waals surface area contributed by atoms with Crippen LogP contribution in [-0.4, -0.2) is 24.0 Å². The fraction of sp³-hybridized carbons (Fsp3) is 0.500. The first-order valence-corrected chi connectivity index (χ1v) is 7.55. The predicted molar refractivity (Wildman–Crippen MR) is 80.0 cm³/mol. The SMILES string of the molecule is Cc1nc2cc(NC(=O)C3CC34CCNCC4)ccc2o1. The van der Waals surface area contributed by atoms with E-state index in [1.54, 1.807) is 0 Å². The summed E-state index contributed by atoms with van der Waals surface area (Å²) in [6.45, 7) is 3.89. The normalized spacial score (nSPS) is 23.4. The van der Waals surface area contributed by atoms with Gasteiger partial charge in [-0.2, -0.15) is 0 Å². The van der Waals surface area contributed by atoms with E-state index in [9.17, 15) is 4.79 Å². The monoisotopic (exact) mass is 285 g/mol. The van der Waals surface area contributed by atoms with Crippen molar-refractivity contribution in [2.75, 3.05) is 18.4 Å². The standard InChI is InChI=1S/C16H19N3O2/c1-10-18-13-8-11(2-3-14(13)21-10)19-15(20)12-9-16(12)4-6-17-7-5-16/h2-3,8,12,17H,4-7,9H2,1H3,(H,19,20). The Hall–Kier alpha value is -1.88. The fourth-order valence-corrected chi connectivity index (χ4v) is 3.55. The molecule has 2 aliphatic rings. The maximum absolute atomic E-state index is 12.4. The van der Waals surface area contributed by atoms with Crippen molar-refractivity contribution in [2.24, 2.45) is 11.3 Å². The minimum absolute atomic E-state index is 0.150. The number of fused-ring (bicyclic) bond motifs is 1. The third kappa shape index (κ3) is 2.21. The molecule has 0 radical (unpaired) electrons. The van der Waals surface area contributed by atoms with Crippen LogP contribution >= 0.6 is 0 Å². The molecule has 1 saturated carbocycles. The summed E-state index contributed by atoms with van der Waals surface area (Å²) >= 11 is 0. The number of piperidine rings is 1. The Morgan fingerprint density at radius 2 is 2.24 bits per heavy atom. The average molecular weight is 285 g/mol. The van der Waals surface area contributed by atoms with Crippen LogP contribution in [0.25, 0.3) is 11.1 Å². The molecule has 21 heavy (non-hydrogen) atoms. The molecular formula is C16H19N3O2. The summed E-state index contributed by atoms with van der Waals surface area (Å²) in [6, 6.07) is 5.61. The molecule has 1 aromatic heterocycles. The zero-order chi connectivity index (χ0) is 14.4. The van der Waals surface area contributed by atoms with Crippen molar-refractivity contribution in [2.45, 2.75) is 26.2 Å². The molecule has 110 valence electrons. The molecule has 1 unspecified atom stereocenters. The average Bonchev–Trinajstić information content (AvgIpc) is 3.02. The van der Waals surface area contributed by atoms with Crippen LogP contribution in [0, 0.1) is 18.3 Å². The Morgan fingerprint density at radius 1 is 1.43 bits per heavy atom. The van der Waals surface area contributed by atoms with E-state index in [-0.39, 0.29) is 17.2 Å². The lowest BCUT2D eigenvalue weighted by atomic mass is 9.92. The molecule has 2 fully saturated rings. The Balaban J connectivity index is 1.48. The number of anilines is 1. The van der Waals surface area contributed by atoms with Gasteiger partial charge in [0.1, 0.15) is 5.52 Å². The van der Waals surface area contributed by atoms with Gasteiger partial charge in [-0.15, -0.1) is 0 Å². The van der Waals surface area contributed by atoms with Gasteiger partial charge in [-0.1, -0.05) is 0 Å². The highest BCUT2D eigenvalue weighted by atomic mass is 16.3. The van der Waals surface area contributed by atoms with E-state index in [1.165, 1.54) is 0 Å². The van der Waals surface area contributed by atoms with Crippen molar-refractivity contribution in [3.63, 3.8) is 0 Å². The lowest BCUT2D eigenvalue weighted by Crippen LogP contribution is -2.31. The first-order chi connectivity index (χ1) is 10.2. The fourth-order valence-electron chi connectivity index (χ4n) is 3.55. The Kier molecular flexibility index (Phi) is 2.79. The van der Waals surface area contributed by atoms with E-state index < -0.39 is 0 Å². The van der Waals surface area contributed by atoms with Crippen LogP contribution in [0.5, 0.6) is 0 Å².